The maximum absolute atomic E-state index is 11.0. The molecule has 1 saturated heterocycles. The summed E-state index contributed by atoms with van der Waals surface area (Å²) in [4.78, 5) is 2.39. The highest BCUT2D eigenvalue weighted by molar-refractivity contribution is 5.57. The molecule has 0 bridgehead atoms. The second-order valence-corrected chi connectivity index (χ2v) is 6.85. The minimum absolute atomic E-state index is 0.686. The molecule has 1 aliphatic rings. The van der Waals surface area contributed by atoms with Gasteiger partial charge >= 0.3 is 0 Å². The van der Waals surface area contributed by atoms with Gasteiger partial charge in [-0.15, -0.1) is 0 Å². The van der Waals surface area contributed by atoms with Crippen LogP contribution in [0, 0.1) is 6.92 Å². The molecule has 1 aliphatic heterocycles. The number of ether oxygens (including phenoxy) is 1. The quantitative estimate of drug-likeness (QED) is 0.895. The minimum atomic E-state index is -0.686. The fraction of sp³-hybridized carbons (Fsp3) is 0.364. The summed E-state index contributed by atoms with van der Waals surface area (Å²) in [5.74, 6) is 0.895. The van der Waals surface area contributed by atoms with Crippen molar-refractivity contribution in [3.8, 4) is 5.75 Å². The van der Waals surface area contributed by atoms with Crippen molar-refractivity contribution in [1.29, 1.82) is 0 Å². The highest BCUT2D eigenvalue weighted by Gasteiger charge is 2.33. The van der Waals surface area contributed by atoms with Gasteiger partial charge in [-0.1, -0.05) is 60.2 Å². The van der Waals surface area contributed by atoms with Gasteiger partial charge in [0, 0.05) is 25.2 Å². The van der Waals surface area contributed by atoms with Gasteiger partial charge in [0.2, 0.25) is 0 Å². The number of para-hydroxylation sites is 1. The maximum Gasteiger partial charge on any atom is 0.126 e. The van der Waals surface area contributed by atoms with Crippen LogP contribution in [0.3, 0.4) is 0 Å². The average Bonchev–Trinajstić information content (AvgIpc) is 2.64. The van der Waals surface area contributed by atoms with E-state index in [9.17, 15) is 5.11 Å². The van der Waals surface area contributed by atoms with Crippen LogP contribution in [-0.4, -0.2) is 36.8 Å². The Morgan fingerprint density at radius 3 is 2.60 bits per heavy atom. The molecule has 0 atom stereocenters. The highest BCUT2D eigenvalue weighted by Crippen LogP contribution is 2.33. The number of methoxy groups -OCH3 is 1. The molecule has 0 saturated carbocycles. The molecule has 0 amide bonds. The summed E-state index contributed by atoms with van der Waals surface area (Å²) < 4.78 is 5.38. The molecule has 2 aromatic rings. The third kappa shape index (κ3) is 4.30. The van der Waals surface area contributed by atoms with Crippen molar-refractivity contribution in [3.63, 3.8) is 0 Å². The number of hydrogen-bond donors (Lipinski definition) is 1. The average molecular weight is 337 g/mol. The van der Waals surface area contributed by atoms with Crippen LogP contribution in [0.4, 0.5) is 0 Å². The lowest BCUT2D eigenvalue weighted by molar-refractivity contribution is -0.0234. The molecular weight excluding hydrogens is 310 g/mol. The van der Waals surface area contributed by atoms with E-state index < -0.39 is 5.60 Å². The molecule has 0 unspecified atom stereocenters. The van der Waals surface area contributed by atoms with Gasteiger partial charge in [0.1, 0.15) is 5.75 Å². The SMILES string of the molecule is COc1ccccc1/C=C/CN1CCC(O)(c2cccc(C)c2)CC1. The molecule has 0 spiro atoms. The number of piperidine rings is 1. The van der Waals surface area contributed by atoms with E-state index in [0.29, 0.717) is 0 Å². The minimum Gasteiger partial charge on any atom is -0.496 e. The van der Waals surface area contributed by atoms with Gasteiger partial charge in [-0.3, -0.25) is 4.90 Å². The zero-order valence-electron chi connectivity index (χ0n) is 15.1. The molecule has 3 heteroatoms. The summed E-state index contributed by atoms with van der Waals surface area (Å²) in [5, 5.41) is 11.0. The smallest absolute Gasteiger partial charge is 0.126 e. The Labute approximate surface area is 150 Å². The van der Waals surface area contributed by atoms with E-state index >= 15 is 0 Å². The topological polar surface area (TPSA) is 32.7 Å². The first kappa shape index (κ1) is 17.7. The molecule has 2 aromatic carbocycles. The third-order valence-corrected chi connectivity index (χ3v) is 5.04. The number of aryl methyl sites for hydroxylation is 1. The number of likely N-dealkylation sites (tertiary alicyclic amines) is 1. The number of rotatable bonds is 5. The Bertz CT molecular complexity index is 730. The zero-order chi connectivity index (χ0) is 17.7. The summed E-state index contributed by atoms with van der Waals surface area (Å²) in [6.45, 7) is 4.77. The second kappa shape index (κ2) is 7.85. The van der Waals surface area contributed by atoms with E-state index in [2.05, 4.69) is 42.2 Å². The second-order valence-electron chi connectivity index (χ2n) is 6.85. The molecular formula is C22H27NO2. The number of aliphatic hydroxyl groups is 1. The van der Waals surface area contributed by atoms with Gasteiger partial charge in [-0.25, -0.2) is 0 Å². The van der Waals surface area contributed by atoms with Crippen molar-refractivity contribution in [1.82, 2.24) is 4.90 Å². The van der Waals surface area contributed by atoms with Crippen molar-refractivity contribution in [2.75, 3.05) is 26.7 Å². The van der Waals surface area contributed by atoms with Crippen LogP contribution in [0.2, 0.25) is 0 Å². The van der Waals surface area contributed by atoms with Crippen LogP contribution in [0.1, 0.15) is 29.5 Å². The van der Waals surface area contributed by atoms with Crippen LogP contribution in [0.25, 0.3) is 6.08 Å². The van der Waals surface area contributed by atoms with E-state index in [1.165, 1.54) is 5.56 Å². The largest absolute Gasteiger partial charge is 0.496 e. The normalized spacial score (nSPS) is 17.7. The van der Waals surface area contributed by atoms with E-state index in [4.69, 9.17) is 4.74 Å². The van der Waals surface area contributed by atoms with Gasteiger partial charge < -0.3 is 9.84 Å². The van der Waals surface area contributed by atoms with Crippen molar-refractivity contribution in [2.45, 2.75) is 25.4 Å². The van der Waals surface area contributed by atoms with Crippen LogP contribution in [0.15, 0.2) is 54.6 Å². The van der Waals surface area contributed by atoms with Crippen molar-refractivity contribution < 1.29 is 9.84 Å². The molecule has 1 fully saturated rings. The maximum atomic E-state index is 11.0. The summed E-state index contributed by atoms with van der Waals surface area (Å²) in [5.41, 5.74) is 2.66. The molecule has 3 rings (SSSR count). The van der Waals surface area contributed by atoms with Crippen LogP contribution in [0.5, 0.6) is 5.75 Å². The summed E-state index contributed by atoms with van der Waals surface area (Å²) in [6.07, 6.45) is 5.84. The number of benzene rings is 2. The van der Waals surface area contributed by atoms with Gasteiger partial charge in [0.15, 0.2) is 0 Å². The van der Waals surface area contributed by atoms with Crippen molar-refractivity contribution >= 4 is 6.08 Å². The van der Waals surface area contributed by atoms with E-state index in [0.717, 1.165) is 49.4 Å². The van der Waals surface area contributed by atoms with Gasteiger partial charge in [0.05, 0.1) is 12.7 Å². The lowest BCUT2D eigenvalue weighted by Crippen LogP contribution is -2.42. The monoisotopic (exact) mass is 337 g/mol. The predicted molar refractivity (Wildman–Crippen MR) is 103 cm³/mol. The first-order valence-corrected chi connectivity index (χ1v) is 8.92. The van der Waals surface area contributed by atoms with Crippen LogP contribution in [-0.2, 0) is 5.60 Å². The Morgan fingerprint density at radius 1 is 1.12 bits per heavy atom. The van der Waals surface area contributed by atoms with Crippen molar-refractivity contribution in [3.05, 3.63) is 71.3 Å². The molecule has 0 radical (unpaired) electrons. The summed E-state index contributed by atoms with van der Waals surface area (Å²) in [7, 11) is 1.70. The number of hydrogen-bond acceptors (Lipinski definition) is 3. The fourth-order valence-electron chi connectivity index (χ4n) is 3.46. The Kier molecular flexibility index (Phi) is 5.57. The summed E-state index contributed by atoms with van der Waals surface area (Å²) >= 11 is 0. The highest BCUT2D eigenvalue weighted by atomic mass is 16.5. The van der Waals surface area contributed by atoms with E-state index in [1.54, 1.807) is 7.11 Å². The molecule has 25 heavy (non-hydrogen) atoms. The first-order chi connectivity index (χ1) is 12.1. The Balaban J connectivity index is 1.57. The molecule has 0 aliphatic carbocycles. The summed E-state index contributed by atoms with van der Waals surface area (Å²) in [6, 6.07) is 16.3. The van der Waals surface area contributed by atoms with Gasteiger partial charge in [-0.2, -0.15) is 0 Å². The molecule has 0 aromatic heterocycles. The lowest BCUT2D eigenvalue weighted by Gasteiger charge is -2.38. The van der Waals surface area contributed by atoms with Gasteiger partial charge in [0.25, 0.3) is 0 Å². The zero-order valence-corrected chi connectivity index (χ0v) is 15.1. The standard InChI is InChI=1S/C22H27NO2/c1-18-7-5-10-20(17-18)22(24)12-15-23(16-13-22)14-6-9-19-8-3-4-11-21(19)25-2/h3-11,17,24H,12-16H2,1-2H3/b9-6+. The molecule has 1 N–H and O–H groups in total. The molecule has 132 valence electrons. The predicted octanol–water partition coefficient (Wildman–Crippen LogP) is 4.00. The number of nitrogens with zero attached hydrogens (tertiary/aromatic N) is 1. The fourth-order valence-corrected chi connectivity index (χ4v) is 3.46. The van der Waals surface area contributed by atoms with Gasteiger partial charge in [-0.05, 0) is 31.4 Å². The Hall–Kier alpha value is -2.10. The molecule has 3 nitrogen and oxygen atoms in total. The Morgan fingerprint density at radius 2 is 1.88 bits per heavy atom. The van der Waals surface area contributed by atoms with Crippen molar-refractivity contribution in [2.24, 2.45) is 0 Å². The first-order valence-electron chi connectivity index (χ1n) is 8.92. The van der Waals surface area contributed by atoms with E-state index in [1.807, 2.05) is 30.3 Å². The van der Waals surface area contributed by atoms with Crippen LogP contribution >= 0.6 is 0 Å². The van der Waals surface area contributed by atoms with Crippen LogP contribution < -0.4 is 4.74 Å². The third-order valence-electron chi connectivity index (χ3n) is 5.04. The lowest BCUT2D eigenvalue weighted by atomic mass is 9.84. The molecule has 1 heterocycles. The van der Waals surface area contributed by atoms with E-state index in [-0.39, 0.29) is 0 Å².